The van der Waals surface area contributed by atoms with Crippen LogP contribution in [0.4, 0.5) is 5.69 Å². The van der Waals surface area contributed by atoms with Gasteiger partial charge in [0.05, 0.1) is 12.8 Å². The van der Waals surface area contributed by atoms with Crippen molar-refractivity contribution in [1.29, 1.82) is 0 Å². The Bertz CT molecular complexity index is 1020. The molecule has 0 unspecified atom stereocenters. The zero-order valence-electron chi connectivity index (χ0n) is 15.8. The van der Waals surface area contributed by atoms with Gasteiger partial charge < -0.3 is 19.9 Å². The first-order valence-electron chi connectivity index (χ1n) is 8.88. The number of rotatable bonds is 7. The van der Waals surface area contributed by atoms with Gasteiger partial charge in [-0.25, -0.2) is 0 Å². The van der Waals surface area contributed by atoms with Gasteiger partial charge in [-0.05, 0) is 41.5 Å². The number of carbonyl (C=O) groups excluding carboxylic acids is 1. The lowest BCUT2D eigenvalue weighted by molar-refractivity contribution is -0.111. The summed E-state index contributed by atoms with van der Waals surface area (Å²) in [4.78, 5) is 12.3. The fourth-order valence-corrected chi connectivity index (χ4v) is 2.84. The highest BCUT2D eigenvalue weighted by atomic mass is 35.5. The van der Waals surface area contributed by atoms with E-state index in [2.05, 4.69) is 5.32 Å². The molecule has 0 saturated carbocycles. The number of methoxy groups -OCH3 is 1. The van der Waals surface area contributed by atoms with Gasteiger partial charge in [0.25, 0.3) is 0 Å². The topological polar surface area (TPSA) is 67.8 Å². The van der Waals surface area contributed by atoms with Crippen LogP contribution in [0.3, 0.4) is 0 Å². The van der Waals surface area contributed by atoms with Crippen molar-refractivity contribution in [3.8, 4) is 17.2 Å². The minimum Gasteiger partial charge on any atom is -0.504 e. The van der Waals surface area contributed by atoms with Crippen LogP contribution in [0, 0.1) is 0 Å². The molecule has 2 N–H and O–H groups in total. The second-order valence-corrected chi connectivity index (χ2v) is 6.52. The zero-order chi connectivity index (χ0) is 20.6. The van der Waals surface area contributed by atoms with E-state index in [0.29, 0.717) is 34.4 Å². The molecular formula is C23H20ClNO4. The Balaban J connectivity index is 1.65. The number of amides is 1. The highest BCUT2D eigenvalue weighted by Gasteiger charge is 2.09. The summed E-state index contributed by atoms with van der Waals surface area (Å²) < 4.78 is 10.8. The van der Waals surface area contributed by atoms with E-state index in [1.165, 1.54) is 19.3 Å². The summed E-state index contributed by atoms with van der Waals surface area (Å²) in [5.74, 6) is 0.492. The molecule has 5 nitrogen and oxygen atoms in total. The summed E-state index contributed by atoms with van der Waals surface area (Å²) in [6.45, 7) is 0.374. The van der Waals surface area contributed by atoms with Crippen molar-refractivity contribution >= 4 is 29.3 Å². The molecule has 0 bridgehead atoms. The van der Waals surface area contributed by atoms with Gasteiger partial charge in [0, 0.05) is 6.08 Å². The largest absolute Gasteiger partial charge is 0.504 e. The van der Waals surface area contributed by atoms with E-state index >= 15 is 0 Å². The first-order valence-corrected chi connectivity index (χ1v) is 9.26. The average Bonchev–Trinajstić information content (AvgIpc) is 2.74. The molecule has 0 spiro atoms. The number of ether oxygens (including phenoxy) is 2. The smallest absolute Gasteiger partial charge is 0.248 e. The van der Waals surface area contributed by atoms with Crippen molar-refractivity contribution in [2.45, 2.75) is 6.61 Å². The molecule has 29 heavy (non-hydrogen) atoms. The summed E-state index contributed by atoms with van der Waals surface area (Å²) in [7, 11) is 1.47. The van der Waals surface area contributed by atoms with Gasteiger partial charge >= 0.3 is 0 Å². The van der Waals surface area contributed by atoms with Crippen LogP contribution in [0.5, 0.6) is 17.2 Å². The van der Waals surface area contributed by atoms with Gasteiger partial charge in [0.1, 0.15) is 17.4 Å². The molecule has 0 aliphatic rings. The van der Waals surface area contributed by atoms with E-state index in [1.807, 2.05) is 30.3 Å². The van der Waals surface area contributed by atoms with Crippen LogP contribution in [0.1, 0.15) is 11.1 Å². The number of anilines is 1. The molecule has 0 heterocycles. The number of hydrogen-bond acceptors (Lipinski definition) is 4. The van der Waals surface area contributed by atoms with E-state index in [0.717, 1.165) is 5.56 Å². The summed E-state index contributed by atoms with van der Waals surface area (Å²) in [5.41, 5.74) is 2.12. The normalized spacial score (nSPS) is 10.7. The summed E-state index contributed by atoms with van der Waals surface area (Å²) in [5, 5.41) is 12.9. The molecule has 0 aliphatic carbocycles. The summed E-state index contributed by atoms with van der Waals surface area (Å²) >= 11 is 6.38. The molecule has 6 heteroatoms. The Hall–Kier alpha value is -3.44. The summed E-state index contributed by atoms with van der Waals surface area (Å²) in [6, 6.07) is 19.8. The molecule has 0 aromatic heterocycles. The third-order valence-electron chi connectivity index (χ3n) is 4.09. The van der Waals surface area contributed by atoms with Crippen molar-refractivity contribution in [3.05, 3.63) is 89.0 Å². The molecule has 0 saturated heterocycles. The zero-order valence-corrected chi connectivity index (χ0v) is 16.5. The third kappa shape index (κ3) is 5.53. The molecule has 1 amide bonds. The maximum absolute atomic E-state index is 12.3. The number of aromatic hydroxyl groups is 1. The Morgan fingerprint density at radius 3 is 2.59 bits per heavy atom. The Morgan fingerprint density at radius 2 is 1.86 bits per heavy atom. The van der Waals surface area contributed by atoms with Crippen LogP contribution in [0.15, 0.2) is 72.8 Å². The van der Waals surface area contributed by atoms with Crippen LogP contribution >= 0.6 is 11.6 Å². The highest BCUT2D eigenvalue weighted by Crippen LogP contribution is 2.32. The van der Waals surface area contributed by atoms with Gasteiger partial charge in [-0.3, -0.25) is 4.79 Å². The number of phenolic OH excluding ortho intramolecular Hbond substituents is 1. The molecule has 0 atom stereocenters. The monoisotopic (exact) mass is 409 g/mol. The van der Waals surface area contributed by atoms with Crippen molar-refractivity contribution in [2.75, 3.05) is 12.4 Å². The SMILES string of the molecule is COc1ccc(C=CC(=O)Nc2cccc(OCc3ccccc3)c2Cl)cc1O. The van der Waals surface area contributed by atoms with E-state index in [-0.39, 0.29) is 11.7 Å². The van der Waals surface area contributed by atoms with Crippen molar-refractivity contribution in [2.24, 2.45) is 0 Å². The summed E-state index contributed by atoms with van der Waals surface area (Å²) in [6.07, 6.45) is 2.94. The number of phenols is 1. The fourth-order valence-electron chi connectivity index (χ4n) is 2.61. The van der Waals surface area contributed by atoms with Crippen molar-refractivity contribution in [1.82, 2.24) is 0 Å². The molecule has 0 fully saturated rings. The minimum atomic E-state index is -0.359. The number of carbonyl (C=O) groups is 1. The van der Waals surface area contributed by atoms with E-state index in [4.69, 9.17) is 21.1 Å². The number of halogens is 1. The van der Waals surface area contributed by atoms with E-state index < -0.39 is 0 Å². The van der Waals surface area contributed by atoms with E-state index in [9.17, 15) is 9.90 Å². The molecule has 148 valence electrons. The predicted molar refractivity (Wildman–Crippen MR) is 115 cm³/mol. The van der Waals surface area contributed by atoms with Crippen LogP contribution in [-0.2, 0) is 11.4 Å². The van der Waals surface area contributed by atoms with E-state index in [1.54, 1.807) is 36.4 Å². The molecule has 3 aromatic rings. The number of benzene rings is 3. The first kappa shape index (κ1) is 20.3. The maximum atomic E-state index is 12.3. The van der Waals surface area contributed by atoms with Crippen molar-refractivity contribution < 1.29 is 19.4 Å². The second kappa shape index (κ2) is 9.66. The molecule has 0 aliphatic heterocycles. The molecular weight excluding hydrogens is 390 g/mol. The lowest BCUT2D eigenvalue weighted by atomic mass is 10.2. The Kier molecular flexibility index (Phi) is 6.76. The predicted octanol–water partition coefficient (Wildman–Crippen LogP) is 5.29. The van der Waals surface area contributed by atoms with Crippen LogP contribution in [0.2, 0.25) is 5.02 Å². The number of nitrogens with one attached hydrogen (secondary N) is 1. The molecule has 0 radical (unpaired) electrons. The lowest BCUT2D eigenvalue weighted by Crippen LogP contribution is -2.08. The second-order valence-electron chi connectivity index (χ2n) is 6.15. The molecule has 3 rings (SSSR count). The first-order chi connectivity index (χ1) is 14.1. The maximum Gasteiger partial charge on any atom is 0.248 e. The highest BCUT2D eigenvalue weighted by molar-refractivity contribution is 6.35. The minimum absolute atomic E-state index is 0.00127. The Labute approximate surface area is 174 Å². The average molecular weight is 410 g/mol. The van der Waals surface area contributed by atoms with Gasteiger partial charge in [0.2, 0.25) is 5.91 Å². The van der Waals surface area contributed by atoms with Crippen LogP contribution < -0.4 is 14.8 Å². The van der Waals surface area contributed by atoms with Gasteiger partial charge in [-0.1, -0.05) is 54.1 Å². The van der Waals surface area contributed by atoms with Gasteiger partial charge in [-0.2, -0.15) is 0 Å². The fraction of sp³-hybridized carbons (Fsp3) is 0.0870. The Morgan fingerprint density at radius 1 is 1.07 bits per heavy atom. The van der Waals surface area contributed by atoms with Gasteiger partial charge in [-0.15, -0.1) is 0 Å². The standard InChI is InChI=1S/C23H20ClNO4/c1-28-20-12-10-16(14-19(20)26)11-13-22(27)25-18-8-5-9-21(23(18)24)29-15-17-6-3-2-4-7-17/h2-14,26H,15H2,1H3,(H,25,27). The quantitative estimate of drug-likeness (QED) is 0.520. The van der Waals surface area contributed by atoms with Crippen molar-refractivity contribution in [3.63, 3.8) is 0 Å². The lowest BCUT2D eigenvalue weighted by Gasteiger charge is -2.11. The van der Waals surface area contributed by atoms with Crippen LogP contribution in [0.25, 0.3) is 6.08 Å². The van der Waals surface area contributed by atoms with Crippen LogP contribution in [-0.4, -0.2) is 18.1 Å². The van der Waals surface area contributed by atoms with Gasteiger partial charge in [0.15, 0.2) is 11.5 Å². The third-order valence-corrected chi connectivity index (χ3v) is 4.48. The number of hydrogen-bond donors (Lipinski definition) is 2. The molecule has 3 aromatic carbocycles.